The van der Waals surface area contributed by atoms with Crippen molar-refractivity contribution >= 4 is 22.6 Å². The van der Waals surface area contributed by atoms with Crippen molar-refractivity contribution in [3.8, 4) is 0 Å². The molecule has 0 saturated carbocycles. The number of para-hydroxylation sites is 2. The first-order valence-electron chi connectivity index (χ1n) is 7.90. The second-order valence-electron chi connectivity index (χ2n) is 5.84. The zero-order chi connectivity index (χ0) is 15.4. The summed E-state index contributed by atoms with van der Waals surface area (Å²) in [7, 11) is 0. The van der Waals surface area contributed by atoms with Crippen LogP contribution in [0.15, 0.2) is 36.4 Å². The van der Waals surface area contributed by atoms with Gasteiger partial charge in [0.25, 0.3) is 0 Å². The molecule has 2 aromatic rings. The molecule has 0 aliphatic heterocycles. The van der Waals surface area contributed by atoms with Crippen LogP contribution in [0, 0.1) is 5.92 Å². The molecule has 3 rings (SSSR count). The molecule has 0 radical (unpaired) electrons. The van der Waals surface area contributed by atoms with Crippen molar-refractivity contribution in [2.75, 3.05) is 0 Å². The number of nitrogens with zero attached hydrogens (tertiary/aromatic N) is 1. The maximum Gasteiger partial charge on any atom is 0.155 e. The van der Waals surface area contributed by atoms with E-state index in [9.17, 15) is 9.59 Å². The number of nitrogens with one attached hydrogen (secondary N) is 1. The first-order chi connectivity index (χ1) is 10.7. The molecule has 22 heavy (non-hydrogen) atoms. The molecule has 0 saturated heterocycles. The molecule has 1 N–H and O–H groups in total. The van der Waals surface area contributed by atoms with Gasteiger partial charge in [-0.05, 0) is 37.5 Å². The molecular weight excluding hydrogens is 276 g/mol. The number of hydrogen-bond donors (Lipinski definition) is 1. The van der Waals surface area contributed by atoms with E-state index in [2.05, 4.69) is 9.97 Å². The number of Topliss-reactive ketones (excluding diaryl/α,β-unsaturated/α-hetero) is 1. The Kier molecular flexibility index (Phi) is 4.47. The summed E-state index contributed by atoms with van der Waals surface area (Å²) in [6.45, 7) is 0. The fourth-order valence-electron chi connectivity index (χ4n) is 2.87. The van der Waals surface area contributed by atoms with Crippen LogP contribution in [0.25, 0.3) is 11.0 Å². The van der Waals surface area contributed by atoms with Crippen LogP contribution in [0.5, 0.6) is 0 Å². The van der Waals surface area contributed by atoms with Crippen LogP contribution in [0.3, 0.4) is 0 Å². The third kappa shape index (κ3) is 3.50. The number of allylic oxidation sites excluding steroid dienone is 2. The van der Waals surface area contributed by atoms with Gasteiger partial charge in [0.15, 0.2) is 5.78 Å². The Morgan fingerprint density at radius 2 is 1.95 bits per heavy atom. The summed E-state index contributed by atoms with van der Waals surface area (Å²) in [6.07, 6.45) is 7.54. The Bertz CT molecular complexity index is 682. The molecule has 1 aliphatic rings. The summed E-state index contributed by atoms with van der Waals surface area (Å²) in [5, 5.41) is 0. The SMILES string of the molecule is O=C1/C=C\C(CCc2nc3ccccc3[nH]2)C(=O)CCCC1. The third-order valence-electron chi connectivity index (χ3n) is 4.15. The number of rotatable bonds is 3. The van der Waals surface area contributed by atoms with Crippen LogP contribution >= 0.6 is 0 Å². The lowest BCUT2D eigenvalue weighted by atomic mass is 9.94. The first-order valence-corrected chi connectivity index (χ1v) is 7.90. The largest absolute Gasteiger partial charge is 0.342 e. The molecule has 1 aromatic carbocycles. The number of aryl methyl sites for hydroxylation is 1. The smallest absolute Gasteiger partial charge is 0.155 e. The summed E-state index contributed by atoms with van der Waals surface area (Å²) < 4.78 is 0. The van der Waals surface area contributed by atoms with Crippen molar-refractivity contribution in [2.24, 2.45) is 5.92 Å². The zero-order valence-electron chi connectivity index (χ0n) is 12.5. The number of H-pyrrole nitrogens is 1. The highest BCUT2D eigenvalue weighted by molar-refractivity contribution is 5.91. The monoisotopic (exact) mass is 296 g/mol. The van der Waals surface area contributed by atoms with E-state index in [1.807, 2.05) is 24.3 Å². The van der Waals surface area contributed by atoms with Gasteiger partial charge in [0.1, 0.15) is 11.6 Å². The normalized spacial score (nSPS) is 21.4. The maximum absolute atomic E-state index is 12.2. The lowest BCUT2D eigenvalue weighted by molar-refractivity contribution is -0.121. The first kappa shape index (κ1) is 14.7. The van der Waals surface area contributed by atoms with Gasteiger partial charge in [0, 0.05) is 25.2 Å². The van der Waals surface area contributed by atoms with Gasteiger partial charge in [0.2, 0.25) is 0 Å². The number of fused-ring (bicyclic) bond motifs is 1. The number of carbonyl (C=O) groups is 2. The van der Waals surface area contributed by atoms with Crippen molar-refractivity contribution in [3.63, 3.8) is 0 Å². The summed E-state index contributed by atoms with van der Waals surface area (Å²) in [4.78, 5) is 31.7. The number of ketones is 2. The predicted octanol–water partition coefficient (Wildman–Crippen LogP) is 3.38. The predicted molar refractivity (Wildman–Crippen MR) is 85.5 cm³/mol. The van der Waals surface area contributed by atoms with Gasteiger partial charge in [-0.15, -0.1) is 0 Å². The van der Waals surface area contributed by atoms with Crippen molar-refractivity contribution in [1.82, 2.24) is 9.97 Å². The molecule has 0 amide bonds. The molecular formula is C18H20N2O2. The van der Waals surface area contributed by atoms with Gasteiger partial charge in [-0.3, -0.25) is 9.59 Å². The average Bonchev–Trinajstić information content (AvgIpc) is 2.95. The molecule has 0 spiro atoms. The van der Waals surface area contributed by atoms with E-state index in [-0.39, 0.29) is 17.5 Å². The molecule has 1 aliphatic carbocycles. The Morgan fingerprint density at radius 3 is 2.82 bits per heavy atom. The molecule has 4 nitrogen and oxygen atoms in total. The maximum atomic E-state index is 12.2. The third-order valence-corrected chi connectivity index (χ3v) is 4.15. The van der Waals surface area contributed by atoms with E-state index in [4.69, 9.17) is 0 Å². The molecule has 1 heterocycles. The van der Waals surface area contributed by atoms with Crippen molar-refractivity contribution in [1.29, 1.82) is 0 Å². The molecule has 1 aromatic heterocycles. The summed E-state index contributed by atoms with van der Waals surface area (Å²) in [5.74, 6) is 1.09. The van der Waals surface area contributed by atoms with Gasteiger partial charge < -0.3 is 4.98 Å². The standard InChI is InChI=1S/C18H20N2O2/c21-14-5-1-4-8-17(22)13(9-11-14)10-12-18-19-15-6-2-3-7-16(15)20-18/h2-3,6-7,9,11,13H,1,4-5,8,10,12H2,(H,19,20)/b11-9-. The molecule has 1 unspecified atom stereocenters. The number of imidazole rings is 1. The Labute approximate surface area is 129 Å². The van der Waals surface area contributed by atoms with Crippen LogP contribution in [0.2, 0.25) is 0 Å². The fourth-order valence-corrected chi connectivity index (χ4v) is 2.87. The molecule has 0 bridgehead atoms. The highest BCUT2D eigenvalue weighted by Crippen LogP contribution is 2.18. The minimum Gasteiger partial charge on any atom is -0.342 e. The lowest BCUT2D eigenvalue weighted by Gasteiger charge is -2.09. The van der Waals surface area contributed by atoms with E-state index in [1.165, 1.54) is 0 Å². The summed E-state index contributed by atoms with van der Waals surface area (Å²) >= 11 is 0. The van der Waals surface area contributed by atoms with E-state index in [0.717, 1.165) is 29.7 Å². The molecule has 114 valence electrons. The highest BCUT2D eigenvalue weighted by Gasteiger charge is 2.18. The molecule has 4 heteroatoms. The number of carbonyl (C=O) groups excluding carboxylic acids is 2. The molecule has 0 fully saturated rings. The van der Waals surface area contributed by atoms with Gasteiger partial charge in [-0.25, -0.2) is 4.98 Å². The van der Waals surface area contributed by atoms with Crippen LogP contribution in [0.1, 0.15) is 37.9 Å². The van der Waals surface area contributed by atoms with Gasteiger partial charge in [-0.2, -0.15) is 0 Å². The quantitative estimate of drug-likeness (QED) is 0.944. The van der Waals surface area contributed by atoms with Gasteiger partial charge in [0.05, 0.1) is 11.0 Å². The van der Waals surface area contributed by atoms with Crippen LogP contribution in [0.4, 0.5) is 0 Å². The highest BCUT2D eigenvalue weighted by atomic mass is 16.1. The van der Waals surface area contributed by atoms with Crippen molar-refractivity contribution in [2.45, 2.75) is 38.5 Å². The number of aromatic amines is 1. The average molecular weight is 296 g/mol. The second kappa shape index (κ2) is 6.69. The summed E-state index contributed by atoms with van der Waals surface area (Å²) in [6, 6.07) is 7.90. The van der Waals surface area contributed by atoms with Crippen molar-refractivity contribution in [3.05, 3.63) is 42.2 Å². The number of benzene rings is 1. The second-order valence-corrected chi connectivity index (χ2v) is 5.84. The minimum absolute atomic E-state index is 0.128. The minimum atomic E-state index is -0.171. The van der Waals surface area contributed by atoms with Crippen LogP contribution in [-0.4, -0.2) is 21.5 Å². The Morgan fingerprint density at radius 1 is 1.14 bits per heavy atom. The topological polar surface area (TPSA) is 62.8 Å². The van der Waals surface area contributed by atoms with Gasteiger partial charge >= 0.3 is 0 Å². The van der Waals surface area contributed by atoms with E-state index < -0.39 is 0 Å². The summed E-state index contributed by atoms with van der Waals surface area (Å²) in [5.41, 5.74) is 1.97. The van der Waals surface area contributed by atoms with Crippen LogP contribution < -0.4 is 0 Å². The Hall–Kier alpha value is -2.23. The fraction of sp³-hybridized carbons (Fsp3) is 0.389. The zero-order valence-corrected chi connectivity index (χ0v) is 12.5. The van der Waals surface area contributed by atoms with E-state index in [0.29, 0.717) is 25.7 Å². The molecule has 1 atom stereocenters. The van der Waals surface area contributed by atoms with E-state index >= 15 is 0 Å². The van der Waals surface area contributed by atoms with Gasteiger partial charge in [-0.1, -0.05) is 18.2 Å². The lowest BCUT2D eigenvalue weighted by Crippen LogP contribution is -2.13. The Balaban J connectivity index is 1.69. The number of aromatic nitrogens is 2. The van der Waals surface area contributed by atoms with Crippen LogP contribution in [-0.2, 0) is 16.0 Å². The van der Waals surface area contributed by atoms with Crippen molar-refractivity contribution < 1.29 is 9.59 Å². The van der Waals surface area contributed by atoms with E-state index in [1.54, 1.807) is 12.2 Å². The number of hydrogen-bond acceptors (Lipinski definition) is 3.